The maximum absolute atomic E-state index is 13.2. The standard InChI is InChI=1S/C26H24F2N2O3/c1-2-23-26(32)30(14-13-17-3-7-20(27)8-4-17)16-19-15-22(11-12-24(19)33-23)29-25(31)18-5-9-21(28)10-6-18/h3-12,15,23H,2,13-14,16H2,1H3,(H,29,31). The van der Waals surface area contributed by atoms with Gasteiger partial charge >= 0.3 is 0 Å². The van der Waals surface area contributed by atoms with Crippen molar-refractivity contribution in [3.05, 3.63) is 95.1 Å². The predicted octanol–water partition coefficient (Wildman–Crippen LogP) is 4.96. The van der Waals surface area contributed by atoms with Gasteiger partial charge in [0.05, 0.1) is 0 Å². The van der Waals surface area contributed by atoms with Gasteiger partial charge in [-0.1, -0.05) is 19.1 Å². The van der Waals surface area contributed by atoms with Crippen molar-refractivity contribution in [2.24, 2.45) is 0 Å². The van der Waals surface area contributed by atoms with Gasteiger partial charge in [0.15, 0.2) is 6.10 Å². The summed E-state index contributed by atoms with van der Waals surface area (Å²) >= 11 is 0. The Hall–Kier alpha value is -3.74. The van der Waals surface area contributed by atoms with E-state index < -0.39 is 11.9 Å². The average Bonchev–Trinajstić information content (AvgIpc) is 2.95. The zero-order valence-corrected chi connectivity index (χ0v) is 18.2. The Balaban J connectivity index is 1.52. The molecule has 0 bridgehead atoms. The number of benzene rings is 3. The van der Waals surface area contributed by atoms with E-state index in [0.29, 0.717) is 42.9 Å². The van der Waals surface area contributed by atoms with Crippen molar-refractivity contribution in [3.63, 3.8) is 0 Å². The van der Waals surface area contributed by atoms with Crippen LogP contribution >= 0.6 is 0 Å². The van der Waals surface area contributed by atoms with E-state index in [0.717, 1.165) is 11.1 Å². The second-order valence-electron chi connectivity index (χ2n) is 7.93. The van der Waals surface area contributed by atoms with Gasteiger partial charge in [0.2, 0.25) is 0 Å². The SMILES string of the molecule is CCC1Oc2ccc(NC(=O)c3ccc(F)cc3)cc2CN(CCc2ccc(F)cc2)C1=O. The van der Waals surface area contributed by atoms with E-state index in [-0.39, 0.29) is 17.6 Å². The Morgan fingerprint density at radius 3 is 2.36 bits per heavy atom. The third-order valence-electron chi connectivity index (χ3n) is 5.60. The van der Waals surface area contributed by atoms with Gasteiger partial charge in [-0.05, 0) is 73.0 Å². The number of anilines is 1. The summed E-state index contributed by atoms with van der Waals surface area (Å²) in [7, 11) is 0. The van der Waals surface area contributed by atoms with Crippen LogP contribution in [-0.2, 0) is 17.8 Å². The van der Waals surface area contributed by atoms with E-state index in [2.05, 4.69) is 5.32 Å². The second kappa shape index (κ2) is 9.81. The summed E-state index contributed by atoms with van der Waals surface area (Å²) in [5.41, 5.74) is 2.59. The van der Waals surface area contributed by atoms with Crippen molar-refractivity contribution in [3.8, 4) is 5.75 Å². The molecule has 0 saturated heterocycles. The fourth-order valence-electron chi connectivity index (χ4n) is 3.75. The van der Waals surface area contributed by atoms with Crippen molar-refractivity contribution in [1.82, 2.24) is 4.90 Å². The second-order valence-corrected chi connectivity index (χ2v) is 7.93. The molecule has 2 amide bonds. The number of fused-ring (bicyclic) bond motifs is 1. The van der Waals surface area contributed by atoms with Crippen LogP contribution in [0.25, 0.3) is 0 Å². The van der Waals surface area contributed by atoms with Crippen molar-refractivity contribution in [1.29, 1.82) is 0 Å². The van der Waals surface area contributed by atoms with Crippen LogP contribution < -0.4 is 10.1 Å². The summed E-state index contributed by atoms with van der Waals surface area (Å²) in [5, 5.41) is 2.81. The van der Waals surface area contributed by atoms with Crippen molar-refractivity contribution >= 4 is 17.5 Å². The molecule has 1 aliphatic rings. The Labute approximate surface area is 191 Å². The summed E-state index contributed by atoms with van der Waals surface area (Å²) in [4.78, 5) is 27.3. The molecule has 3 aromatic rings. The molecule has 33 heavy (non-hydrogen) atoms. The Bertz CT molecular complexity index is 1150. The van der Waals surface area contributed by atoms with Crippen LogP contribution in [0.2, 0.25) is 0 Å². The van der Waals surface area contributed by atoms with Crippen LogP contribution in [0.5, 0.6) is 5.75 Å². The Kier molecular flexibility index (Phi) is 6.68. The van der Waals surface area contributed by atoms with Crippen LogP contribution in [-0.4, -0.2) is 29.4 Å². The fourth-order valence-corrected chi connectivity index (χ4v) is 3.75. The normalized spacial score (nSPS) is 15.4. The van der Waals surface area contributed by atoms with Crippen LogP contribution in [0.15, 0.2) is 66.7 Å². The fraction of sp³-hybridized carbons (Fsp3) is 0.231. The average molecular weight is 450 g/mol. The summed E-state index contributed by atoms with van der Waals surface area (Å²) in [6.45, 7) is 2.67. The highest BCUT2D eigenvalue weighted by molar-refractivity contribution is 6.04. The quantitative estimate of drug-likeness (QED) is 0.578. The maximum Gasteiger partial charge on any atom is 0.263 e. The van der Waals surface area contributed by atoms with E-state index in [1.807, 2.05) is 6.92 Å². The number of hydrogen-bond donors (Lipinski definition) is 1. The van der Waals surface area contributed by atoms with Crippen molar-refractivity contribution < 1.29 is 23.1 Å². The monoisotopic (exact) mass is 450 g/mol. The highest BCUT2D eigenvalue weighted by Gasteiger charge is 2.29. The Morgan fingerprint density at radius 2 is 1.70 bits per heavy atom. The third kappa shape index (κ3) is 5.37. The summed E-state index contributed by atoms with van der Waals surface area (Å²) in [5.74, 6) is -0.579. The molecule has 0 radical (unpaired) electrons. The molecule has 0 fully saturated rings. The topological polar surface area (TPSA) is 58.6 Å². The molecular weight excluding hydrogens is 426 g/mol. The van der Waals surface area contributed by atoms with Crippen molar-refractivity contribution in [2.45, 2.75) is 32.4 Å². The van der Waals surface area contributed by atoms with Gasteiger partial charge in [-0.3, -0.25) is 9.59 Å². The lowest BCUT2D eigenvalue weighted by Gasteiger charge is -2.23. The van der Waals surface area contributed by atoms with Gasteiger partial charge in [0.25, 0.3) is 11.8 Å². The largest absolute Gasteiger partial charge is 0.480 e. The molecule has 7 heteroatoms. The first-order valence-electron chi connectivity index (χ1n) is 10.8. The molecule has 0 spiro atoms. The number of halogens is 2. The van der Waals surface area contributed by atoms with E-state index >= 15 is 0 Å². The molecule has 1 unspecified atom stereocenters. The summed E-state index contributed by atoms with van der Waals surface area (Å²) in [6.07, 6.45) is 0.506. The lowest BCUT2D eigenvalue weighted by Crippen LogP contribution is -2.40. The molecule has 0 aromatic heterocycles. The van der Waals surface area contributed by atoms with Gasteiger partial charge in [-0.2, -0.15) is 0 Å². The molecule has 170 valence electrons. The minimum absolute atomic E-state index is 0.104. The van der Waals surface area contributed by atoms with E-state index in [1.54, 1.807) is 35.2 Å². The van der Waals surface area contributed by atoms with Gasteiger partial charge in [0.1, 0.15) is 17.4 Å². The zero-order valence-electron chi connectivity index (χ0n) is 18.2. The minimum Gasteiger partial charge on any atom is -0.480 e. The number of nitrogens with zero attached hydrogens (tertiary/aromatic N) is 1. The van der Waals surface area contributed by atoms with E-state index in [4.69, 9.17) is 4.74 Å². The minimum atomic E-state index is -0.598. The van der Waals surface area contributed by atoms with Crippen LogP contribution in [0, 0.1) is 11.6 Å². The molecule has 3 aromatic carbocycles. The first kappa shape index (κ1) is 22.5. The Morgan fingerprint density at radius 1 is 1.03 bits per heavy atom. The van der Waals surface area contributed by atoms with Gasteiger partial charge in [0, 0.05) is 29.9 Å². The van der Waals surface area contributed by atoms with Crippen LogP contribution in [0.4, 0.5) is 14.5 Å². The predicted molar refractivity (Wildman–Crippen MR) is 121 cm³/mol. The van der Waals surface area contributed by atoms with Gasteiger partial charge < -0.3 is 15.0 Å². The molecule has 0 saturated carbocycles. The first-order valence-corrected chi connectivity index (χ1v) is 10.8. The molecule has 0 aliphatic carbocycles. The number of hydrogen-bond acceptors (Lipinski definition) is 3. The summed E-state index contributed by atoms with van der Waals surface area (Å²) < 4.78 is 32.3. The lowest BCUT2D eigenvalue weighted by molar-refractivity contribution is -0.138. The maximum atomic E-state index is 13.2. The van der Waals surface area contributed by atoms with Crippen LogP contribution in [0.1, 0.15) is 34.8 Å². The number of amides is 2. The van der Waals surface area contributed by atoms with E-state index in [1.165, 1.54) is 36.4 Å². The third-order valence-corrected chi connectivity index (χ3v) is 5.60. The summed E-state index contributed by atoms with van der Waals surface area (Å²) in [6, 6.07) is 16.8. The highest BCUT2D eigenvalue weighted by Crippen LogP contribution is 2.30. The number of carbonyl (C=O) groups is 2. The van der Waals surface area contributed by atoms with E-state index in [9.17, 15) is 18.4 Å². The van der Waals surface area contributed by atoms with Crippen LogP contribution in [0.3, 0.4) is 0 Å². The lowest BCUT2D eigenvalue weighted by atomic mass is 10.1. The molecule has 1 heterocycles. The van der Waals surface area contributed by atoms with Gasteiger partial charge in [-0.15, -0.1) is 0 Å². The number of ether oxygens (including phenoxy) is 1. The highest BCUT2D eigenvalue weighted by atomic mass is 19.1. The first-order chi connectivity index (χ1) is 15.9. The molecular formula is C26H24F2N2O3. The molecule has 4 rings (SSSR count). The van der Waals surface area contributed by atoms with Gasteiger partial charge in [-0.25, -0.2) is 8.78 Å². The molecule has 1 atom stereocenters. The smallest absolute Gasteiger partial charge is 0.263 e. The van der Waals surface area contributed by atoms with Crippen molar-refractivity contribution in [2.75, 3.05) is 11.9 Å². The molecule has 1 N–H and O–H groups in total. The number of carbonyl (C=O) groups excluding carboxylic acids is 2. The zero-order chi connectivity index (χ0) is 23.4. The molecule has 1 aliphatic heterocycles. The number of rotatable bonds is 6. The molecule has 5 nitrogen and oxygen atoms in total. The number of nitrogens with one attached hydrogen (secondary N) is 1.